The Morgan fingerprint density at radius 3 is 2.46 bits per heavy atom. The first kappa shape index (κ1) is 20.6. The largest absolute Gasteiger partial charge is 0.362 e. The second-order valence-electron chi connectivity index (χ2n) is 7.44. The predicted molar refractivity (Wildman–Crippen MR) is 121 cm³/mol. The molecule has 28 heavy (non-hydrogen) atoms. The van der Waals surface area contributed by atoms with Gasteiger partial charge < -0.3 is 15.5 Å². The molecule has 5 nitrogen and oxygen atoms in total. The number of para-hydroxylation sites is 1. The van der Waals surface area contributed by atoms with Gasteiger partial charge in [-0.2, -0.15) is 4.98 Å². The van der Waals surface area contributed by atoms with Gasteiger partial charge in [-0.1, -0.05) is 25.6 Å². The Bertz CT molecular complexity index is 870. The summed E-state index contributed by atoms with van der Waals surface area (Å²) in [5, 5.41) is 10.5. The highest BCUT2D eigenvalue weighted by atomic mass is 32.1. The molecule has 0 spiro atoms. The van der Waals surface area contributed by atoms with Crippen molar-refractivity contribution in [1.29, 1.82) is 0 Å². The van der Waals surface area contributed by atoms with Crippen LogP contribution >= 0.6 is 11.3 Å². The fourth-order valence-corrected chi connectivity index (χ4v) is 4.40. The lowest BCUT2D eigenvalue weighted by atomic mass is 9.91. The van der Waals surface area contributed by atoms with Crippen LogP contribution in [0, 0.1) is 0 Å². The zero-order valence-electron chi connectivity index (χ0n) is 16.0. The fraction of sp³-hybridized carbons (Fsp3) is 0.455. The molecule has 0 atom stereocenters. The molecule has 1 saturated carbocycles. The maximum Gasteiger partial charge on any atom is 0.225 e. The van der Waals surface area contributed by atoms with E-state index in [1.807, 2.05) is 37.6 Å². The van der Waals surface area contributed by atoms with Gasteiger partial charge in [-0.05, 0) is 49.3 Å². The average Bonchev–Trinajstić information content (AvgIpc) is 3.20. The first-order valence-electron chi connectivity index (χ1n) is 9.65. The summed E-state index contributed by atoms with van der Waals surface area (Å²) in [6.45, 7) is 0.987. The van der Waals surface area contributed by atoms with E-state index in [4.69, 9.17) is 9.97 Å². The van der Waals surface area contributed by atoms with Gasteiger partial charge in [0.2, 0.25) is 5.95 Å². The summed E-state index contributed by atoms with van der Waals surface area (Å²) in [6.07, 6.45) is 4.68. The van der Waals surface area contributed by atoms with Crippen LogP contribution in [0.3, 0.4) is 0 Å². The van der Waals surface area contributed by atoms with Crippen molar-refractivity contribution in [3.63, 3.8) is 0 Å². The highest BCUT2D eigenvalue weighted by molar-refractivity contribution is 7.09. The average molecular weight is 398 g/mol. The molecule has 0 unspecified atom stereocenters. The third-order valence-electron chi connectivity index (χ3n) is 5.21. The minimum Gasteiger partial charge on any atom is -0.362 e. The lowest BCUT2D eigenvalue weighted by Gasteiger charge is -2.30. The number of anilines is 2. The number of hydrogen-bond acceptors (Lipinski definition) is 6. The molecule has 0 aliphatic heterocycles. The summed E-state index contributed by atoms with van der Waals surface area (Å²) in [6, 6.07) is 13.6. The number of thiophene rings is 1. The number of nitrogens with zero attached hydrogens (tertiary/aromatic N) is 3. The Labute approximate surface area is 172 Å². The van der Waals surface area contributed by atoms with Crippen molar-refractivity contribution in [2.45, 2.75) is 51.7 Å². The molecule has 1 fully saturated rings. The minimum atomic E-state index is 0. The first-order chi connectivity index (χ1) is 13.2. The van der Waals surface area contributed by atoms with Gasteiger partial charge >= 0.3 is 0 Å². The third-order valence-corrected chi connectivity index (χ3v) is 6.09. The molecule has 0 amide bonds. The molecule has 1 aromatic carbocycles. The van der Waals surface area contributed by atoms with E-state index >= 15 is 0 Å². The maximum absolute atomic E-state index is 4.77. The molecule has 1 aliphatic rings. The van der Waals surface area contributed by atoms with Crippen molar-refractivity contribution in [2.24, 2.45) is 0 Å². The van der Waals surface area contributed by atoms with Gasteiger partial charge in [0.05, 0.1) is 5.52 Å². The van der Waals surface area contributed by atoms with Gasteiger partial charge in [0.15, 0.2) is 0 Å². The molecule has 4 rings (SSSR count). The van der Waals surface area contributed by atoms with Crippen molar-refractivity contribution in [3.05, 3.63) is 46.7 Å². The highest BCUT2D eigenvalue weighted by Crippen LogP contribution is 2.26. The van der Waals surface area contributed by atoms with Crippen LogP contribution in [-0.2, 0) is 6.54 Å². The monoisotopic (exact) mass is 397 g/mol. The molecular formula is C22H31N5S. The molecule has 150 valence electrons. The van der Waals surface area contributed by atoms with Crippen LogP contribution in [0.2, 0.25) is 0 Å². The summed E-state index contributed by atoms with van der Waals surface area (Å²) in [5.74, 6) is 1.71. The number of rotatable bonds is 6. The number of benzene rings is 1. The van der Waals surface area contributed by atoms with Crippen LogP contribution in [0.25, 0.3) is 10.9 Å². The standard InChI is InChI=1S/C21H27N5S.CH4/c1-26(2)20-18-7-3-4-8-19(18)24-21(25-20)23-16-11-9-15(10-12-16)22-14-17-6-5-13-27-17;/h3-8,13,15-16,22H,9-12,14H2,1-2H3,(H,23,24,25);1H4. The molecule has 0 saturated heterocycles. The van der Waals surface area contributed by atoms with Crippen molar-refractivity contribution in [2.75, 3.05) is 24.3 Å². The molecule has 3 aromatic rings. The maximum atomic E-state index is 4.77. The quantitative estimate of drug-likeness (QED) is 0.619. The van der Waals surface area contributed by atoms with E-state index < -0.39 is 0 Å². The molecule has 1 aliphatic carbocycles. The Kier molecular flexibility index (Phi) is 6.86. The van der Waals surface area contributed by atoms with Crippen LogP contribution in [0.5, 0.6) is 0 Å². The van der Waals surface area contributed by atoms with Crippen LogP contribution in [-0.4, -0.2) is 36.1 Å². The van der Waals surface area contributed by atoms with Crippen molar-refractivity contribution >= 4 is 34.0 Å². The fourth-order valence-electron chi connectivity index (χ4n) is 3.75. The lowest BCUT2D eigenvalue weighted by molar-refractivity contribution is 0.353. The Morgan fingerprint density at radius 1 is 1.00 bits per heavy atom. The summed E-state index contributed by atoms with van der Waals surface area (Å²) in [5.41, 5.74) is 0.991. The number of hydrogen-bond donors (Lipinski definition) is 2. The van der Waals surface area contributed by atoms with E-state index in [0.29, 0.717) is 12.1 Å². The molecule has 2 aromatic heterocycles. The minimum absolute atomic E-state index is 0. The Morgan fingerprint density at radius 2 is 1.75 bits per heavy atom. The van der Waals surface area contributed by atoms with Gasteiger partial charge in [-0.3, -0.25) is 0 Å². The molecule has 2 heterocycles. The van der Waals surface area contributed by atoms with Crippen LogP contribution in [0.1, 0.15) is 38.0 Å². The number of fused-ring (bicyclic) bond motifs is 1. The number of aromatic nitrogens is 2. The summed E-state index contributed by atoms with van der Waals surface area (Å²) in [7, 11) is 4.06. The smallest absolute Gasteiger partial charge is 0.225 e. The second kappa shape index (κ2) is 9.34. The normalized spacial score (nSPS) is 19.2. The SMILES string of the molecule is C.CN(C)c1nc(NC2CCC(NCc3cccs3)CC2)nc2ccccc12. The zero-order valence-corrected chi connectivity index (χ0v) is 16.8. The molecule has 6 heteroatoms. The summed E-state index contributed by atoms with van der Waals surface area (Å²) >= 11 is 1.82. The molecule has 2 N–H and O–H groups in total. The third kappa shape index (κ3) is 4.80. The summed E-state index contributed by atoms with van der Waals surface area (Å²) in [4.78, 5) is 13.0. The predicted octanol–water partition coefficient (Wildman–Crippen LogP) is 4.91. The van der Waals surface area contributed by atoms with E-state index in [1.165, 1.54) is 17.7 Å². The highest BCUT2D eigenvalue weighted by Gasteiger charge is 2.22. The van der Waals surface area contributed by atoms with Gasteiger partial charge in [-0.25, -0.2) is 4.98 Å². The van der Waals surface area contributed by atoms with E-state index in [0.717, 1.165) is 42.1 Å². The number of nitrogens with one attached hydrogen (secondary N) is 2. The van der Waals surface area contributed by atoms with Gasteiger partial charge in [0.1, 0.15) is 5.82 Å². The summed E-state index contributed by atoms with van der Waals surface area (Å²) < 4.78 is 0. The van der Waals surface area contributed by atoms with Crippen LogP contribution in [0.4, 0.5) is 11.8 Å². The topological polar surface area (TPSA) is 53.1 Å². The van der Waals surface area contributed by atoms with E-state index in [1.54, 1.807) is 0 Å². The van der Waals surface area contributed by atoms with Crippen molar-refractivity contribution in [3.8, 4) is 0 Å². The van der Waals surface area contributed by atoms with Crippen LogP contribution in [0.15, 0.2) is 41.8 Å². The molecule has 0 radical (unpaired) electrons. The van der Waals surface area contributed by atoms with Crippen molar-refractivity contribution < 1.29 is 0 Å². The van der Waals surface area contributed by atoms with E-state index in [-0.39, 0.29) is 7.43 Å². The van der Waals surface area contributed by atoms with Crippen molar-refractivity contribution in [1.82, 2.24) is 15.3 Å². The van der Waals surface area contributed by atoms with Gasteiger partial charge in [0, 0.05) is 43.0 Å². The lowest BCUT2D eigenvalue weighted by Crippen LogP contribution is -2.36. The van der Waals surface area contributed by atoms with E-state index in [2.05, 4.69) is 45.2 Å². The molecular weight excluding hydrogens is 366 g/mol. The zero-order chi connectivity index (χ0) is 18.6. The Hall–Kier alpha value is -2.18. The van der Waals surface area contributed by atoms with Crippen LogP contribution < -0.4 is 15.5 Å². The van der Waals surface area contributed by atoms with Gasteiger partial charge in [-0.15, -0.1) is 11.3 Å². The van der Waals surface area contributed by atoms with Gasteiger partial charge in [0.25, 0.3) is 0 Å². The first-order valence-corrected chi connectivity index (χ1v) is 10.5. The second-order valence-corrected chi connectivity index (χ2v) is 8.47. The molecule has 0 bridgehead atoms. The van der Waals surface area contributed by atoms with E-state index in [9.17, 15) is 0 Å². The Balaban J connectivity index is 0.00000225.